The van der Waals surface area contributed by atoms with Crippen molar-refractivity contribution < 1.29 is 35.8 Å². The summed E-state index contributed by atoms with van der Waals surface area (Å²) in [5.41, 5.74) is 0.426. The van der Waals surface area contributed by atoms with Crippen LogP contribution in [-0.4, -0.2) is 53.6 Å². The maximum Gasteiger partial charge on any atom is 0.434 e. The summed E-state index contributed by atoms with van der Waals surface area (Å²) in [7, 11) is 1.47. The number of nitrogens with zero attached hydrogens (tertiary/aromatic N) is 4. The molecule has 0 saturated heterocycles. The van der Waals surface area contributed by atoms with Gasteiger partial charge in [-0.2, -0.15) is 41.3 Å². The Labute approximate surface area is 180 Å². The van der Waals surface area contributed by atoms with Gasteiger partial charge in [0.15, 0.2) is 0 Å². The van der Waals surface area contributed by atoms with E-state index in [2.05, 4.69) is 25.0 Å². The number of halogens is 6. The third-order valence-corrected chi connectivity index (χ3v) is 4.04. The Morgan fingerprint density at radius 1 is 0.906 bits per heavy atom. The van der Waals surface area contributed by atoms with E-state index in [1.165, 1.54) is 7.11 Å². The Balaban J connectivity index is 2.46. The lowest BCUT2D eigenvalue weighted by molar-refractivity contribution is -0.301. The number of ether oxygens (including phenoxy) is 2. The van der Waals surface area contributed by atoms with Crippen LogP contribution in [0.2, 0.25) is 0 Å². The molecule has 1 aromatic carbocycles. The second-order valence-corrected chi connectivity index (χ2v) is 6.66. The number of hydrogen-bond donors (Lipinski definition) is 1. The zero-order valence-electron chi connectivity index (χ0n) is 17.6. The van der Waals surface area contributed by atoms with Gasteiger partial charge in [0, 0.05) is 18.8 Å². The Morgan fingerprint density at radius 3 is 1.94 bits per heavy atom. The fourth-order valence-electron chi connectivity index (χ4n) is 2.68. The average molecular weight is 467 g/mol. The van der Waals surface area contributed by atoms with Crippen LogP contribution < -0.4 is 19.7 Å². The molecule has 0 unspecified atom stereocenters. The van der Waals surface area contributed by atoms with Crippen molar-refractivity contribution in [2.24, 2.45) is 0 Å². The normalized spacial score (nSPS) is 12.1. The number of aromatic nitrogens is 3. The van der Waals surface area contributed by atoms with Crippen LogP contribution in [0.15, 0.2) is 24.3 Å². The molecule has 0 amide bonds. The van der Waals surface area contributed by atoms with Crippen molar-refractivity contribution >= 4 is 17.6 Å². The van der Waals surface area contributed by atoms with E-state index in [-0.39, 0.29) is 11.9 Å². The van der Waals surface area contributed by atoms with E-state index in [0.29, 0.717) is 37.4 Å². The van der Waals surface area contributed by atoms with E-state index in [4.69, 9.17) is 4.74 Å². The highest BCUT2D eigenvalue weighted by Crippen LogP contribution is 2.36. The van der Waals surface area contributed by atoms with E-state index in [0.717, 1.165) is 0 Å². The minimum atomic E-state index is -5.71. The predicted molar refractivity (Wildman–Crippen MR) is 105 cm³/mol. The molecule has 32 heavy (non-hydrogen) atoms. The van der Waals surface area contributed by atoms with Crippen molar-refractivity contribution in [3.8, 4) is 11.8 Å². The molecule has 0 saturated carbocycles. The third kappa shape index (κ3) is 7.02. The fraction of sp³-hybridized carbons (Fsp3) is 0.526. The van der Waals surface area contributed by atoms with Gasteiger partial charge in [-0.1, -0.05) is 13.8 Å². The van der Waals surface area contributed by atoms with Gasteiger partial charge in [-0.3, -0.25) is 0 Å². The molecule has 0 atom stereocenters. The van der Waals surface area contributed by atoms with Crippen molar-refractivity contribution in [2.45, 2.75) is 45.1 Å². The molecule has 0 spiro atoms. The lowest BCUT2D eigenvalue weighted by atomic mass is 10.3. The lowest BCUT2D eigenvalue weighted by Gasteiger charge is -2.25. The van der Waals surface area contributed by atoms with E-state index in [1.807, 2.05) is 13.8 Å². The Morgan fingerprint density at radius 2 is 1.47 bits per heavy atom. The van der Waals surface area contributed by atoms with Gasteiger partial charge in [0.05, 0.1) is 7.11 Å². The SMILES string of the molecule is CCCN(CCC)c1nc(Nc2ccc(OC)cc2)nc(OC(C(F)(F)F)C(F)(F)F)n1. The van der Waals surface area contributed by atoms with Gasteiger partial charge in [-0.15, -0.1) is 0 Å². The molecule has 0 fully saturated rings. The highest BCUT2D eigenvalue weighted by Gasteiger charge is 2.59. The Hall–Kier alpha value is -2.99. The number of alkyl halides is 6. The summed E-state index contributed by atoms with van der Waals surface area (Å²) in [6.45, 7) is 4.59. The van der Waals surface area contributed by atoms with Crippen molar-refractivity contribution in [2.75, 3.05) is 30.4 Å². The summed E-state index contributed by atoms with van der Waals surface area (Å²) in [6.07, 6.45) is -14.2. The molecule has 0 radical (unpaired) electrons. The first kappa shape index (κ1) is 25.3. The topological polar surface area (TPSA) is 72.4 Å². The zero-order chi connectivity index (χ0) is 23.9. The second kappa shape index (κ2) is 10.6. The molecule has 7 nitrogen and oxygen atoms in total. The van der Waals surface area contributed by atoms with Crippen molar-refractivity contribution in [3.05, 3.63) is 24.3 Å². The summed E-state index contributed by atoms with van der Waals surface area (Å²) in [5.74, 6) is 0.180. The maximum absolute atomic E-state index is 13.0. The first-order valence-corrected chi connectivity index (χ1v) is 9.70. The van der Waals surface area contributed by atoms with E-state index in [1.54, 1.807) is 29.2 Å². The van der Waals surface area contributed by atoms with Gasteiger partial charge in [0.1, 0.15) is 5.75 Å². The molecule has 1 aromatic heterocycles. The molecule has 2 rings (SSSR count). The molecular formula is C19H23F6N5O2. The van der Waals surface area contributed by atoms with Crippen molar-refractivity contribution in [1.29, 1.82) is 0 Å². The van der Waals surface area contributed by atoms with Gasteiger partial charge in [-0.05, 0) is 37.1 Å². The van der Waals surface area contributed by atoms with Crippen LogP contribution in [-0.2, 0) is 0 Å². The number of benzene rings is 1. The molecule has 1 N–H and O–H groups in total. The average Bonchev–Trinajstić information content (AvgIpc) is 2.70. The highest BCUT2D eigenvalue weighted by atomic mass is 19.4. The van der Waals surface area contributed by atoms with E-state index in [9.17, 15) is 26.3 Å². The molecule has 13 heteroatoms. The number of hydrogen-bond acceptors (Lipinski definition) is 7. The summed E-state index contributed by atoms with van der Waals surface area (Å²) >= 11 is 0. The van der Waals surface area contributed by atoms with Gasteiger partial charge < -0.3 is 19.7 Å². The maximum atomic E-state index is 13.0. The smallest absolute Gasteiger partial charge is 0.434 e. The lowest BCUT2D eigenvalue weighted by Crippen LogP contribution is -2.47. The van der Waals surface area contributed by atoms with Crippen LogP contribution in [0, 0.1) is 0 Å². The molecule has 178 valence electrons. The number of methoxy groups -OCH3 is 1. The first-order valence-electron chi connectivity index (χ1n) is 9.70. The standard InChI is InChI=1S/C19H23F6N5O2/c1-4-10-30(11-5-2)16-27-15(26-12-6-8-13(31-3)9-7-12)28-17(29-16)32-14(18(20,21)22)19(23,24)25/h6-9,14H,4-5,10-11H2,1-3H3,(H,26,27,28,29). The molecule has 1 heterocycles. The van der Waals surface area contributed by atoms with Crippen LogP contribution in [0.3, 0.4) is 0 Å². The number of rotatable bonds is 10. The predicted octanol–water partition coefficient (Wildman–Crippen LogP) is 5.12. The minimum absolute atomic E-state index is 0.0992. The summed E-state index contributed by atoms with van der Waals surface area (Å²) < 4.78 is 87.1. The zero-order valence-corrected chi connectivity index (χ0v) is 17.6. The van der Waals surface area contributed by atoms with Gasteiger partial charge in [-0.25, -0.2) is 0 Å². The van der Waals surface area contributed by atoms with Crippen LogP contribution in [0.1, 0.15) is 26.7 Å². The van der Waals surface area contributed by atoms with Crippen molar-refractivity contribution in [1.82, 2.24) is 15.0 Å². The summed E-state index contributed by atoms with van der Waals surface area (Å²) in [5, 5.41) is 2.74. The van der Waals surface area contributed by atoms with E-state index < -0.39 is 24.5 Å². The van der Waals surface area contributed by atoms with Gasteiger partial charge in [0.25, 0.3) is 6.10 Å². The Bertz CT molecular complexity index is 841. The van der Waals surface area contributed by atoms with Gasteiger partial charge >= 0.3 is 18.4 Å². The quantitative estimate of drug-likeness (QED) is 0.486. The summed E-state index contributed by atoms with van der Waals surface area (Å²) in [6, 6.07) is 5.26. The highest BCUT2D eigenvalue weighted by molar-refractivity contribution is 5.55. The molecule has 0 aliphatic heterocycles. The molecule has 2 aromatic rings. The summed E-state index contributed by atoms with van der Waals surface area (Å²) in [4.78, 5) is 13.1. The molecule has 0 aliphatic carbocycles. The van der Waals surface area contributed by atoms with Crippen LogP contribution in [0.25, 0.3) is 0 Å². The van der Waals surface area contributed by atoms with Crippen LogP contribution in [0.5, 0.6) is 11.8 Å². The largest absolute Gasteiger partial charge is 0.497 e. The first-order chi connectivity index (χ1) is 15.0. The number of anilines is 3. The van der Waals surface area contributed by atoms with Crippen molar-refractivity contribution in [3.63, 3.8) is 0 Å². The molecule has 0 aliphatic rings. The Kier molecular flexibility index (Phi) is 8.33. The van der Waals surface area contributed by atoms with Gasteiger partial charge in [0.2, 0.25) is 11.9 Å². The second-order valence-electron chi connectivity index (χ2n) is 6.66. The molecule has 0 bridgehead atoms. The van der Waals surface area contributed by atoms with E-state index >= 15 is 0 Å². The van der Waals surface area contributed by atoms with Crippen LogP contribution in [0.4, 0.5) is 43.9 Å². The monoisotopic (exact) mass is 467 g/mol. The number of nitrogens with one attached hydrogen (secondary N) is 1. The minimum Gasteiger partial charge on any atom is -0.497 e. The molecular weight excluding hydrogens is 444 g/mol. The van der Waals surface area contributed by atoms with Crippen LogP contribution >= 0.6 is 0 Å². The third-order valence-electron chi connectivity index (χ3n) is 4.04. The fourth-order valence-corrected chi connectivity index (χ4v) is 2.68.